The molecule has 0 saturated carbocycles. The second kappa shape index (κ2) is 37.9. The summed E-state index contributed by atoms with van der Waals surface area (Å²) in [5.74, 6) is 11.0. The molecule has 1 unspecified atom stereocenters. The van der Waals surface area contributed by atoms with Crippen molar-refractivity contribution < 1.29 is 29.1 Å². The normalized spacial score (nSPS) is 12.1. The van der Waals surface area contributed by atoms with E-state index in [4.69, 9.17) is 10.2 Å². The minimum absolute atomic E-state index is 0.107. The van der Waals surface area contributed by atoms with E-state index in [1.54, 1.807) is 35.3 Å². The summed E-state index contributed by atoms with van der Waals surface area (Å²) >= 11 is 17.0. The first-order valence-corrected chi connectivity index (χ1v) is 27.3. The van der Waals surface area contributed by atoms with Crippen molar-refractivity contribution in [1.29, 1.82) is 0 Å². The molecule has 18 heteroatoms. The van der Waals surface area contributed by atoms with Crippen molar-refractivity contribution in [3.63, 3.8) is 0 Å². The Kier molecular flexibility index (Phi) is 40.6. The van der Waals surface area contributed by atoms with E-state index < -0.39 is 11.2 Å². The predicted molar refractivity (Wildman–Crippen MR) is 217 cm³/mol. The van der Waals surface area contributed by atoms with Crippen molar-refractivity contribution in [1.82, 2.24) is 0 Å². The SMILES string of the molecule is O=C(CCSCSCCC[S+]([O-])CCSCSCCSC(=O)CCSCSCCC(=O)SCCSCO)SCCSCO. The Morgan fingerprint density at radius 3 is 1.28 bits per heavy atom. The van der Waals surface area contributed by atoms with Crippen LogP contribution in [0.3, 0.4) is 0 Å². The van der Waals surface area contributed by atoms with Crippen LogP contribution in [0.15, 0.2) is 0 Å². The number of carbonyl (C=O) groups is 3. The van der Waals surface area contributed by atoms with Gasteiger partial charge in [0.15, 0.2) is 15.3 Å². The van der Waals surface area contributed by atoms with Gasteiger partial charge >= 0.3 is 0 Å². The van der Waals surface area contributed by atoms with Gasteiger partial charge in [0.1, 0.15) is 11.5 Å². The van der Waals surface area contributed by atoms with Crippen molar-refractivity contribution in [2.24, 2.45) is 0 Å². The van der Waals surface area contributed by atoms with E-state index in [-0.39, 0.29) is 27.2 Å². The quantitative estimate of drug-likeness (QED) is 0.0415. The van der Waals surface area contributed by atoms with Gasteiger partial charge in [0.2, 0.25) is 0 Å². The molecule has 1 atom stereocenters. The third kappa shape index (κ3) is 37.8. The van der Waals surface area contributed by atoms with Crippen LogP contribution in [0.1, 0.15) is 25.7 Å². The van der Waals surface area contributed by atoms with Gasteiger partial charge in [0.25, 0.3) is 0 Å². The van der Waals surface area contributed by atoms with Crippen LogP contribution in [0.25, 0.3) is 0 Å². The monoisotopic (exact) mass is 826 g/mol. The molecule has 0 aliphatic rings. The number of aliphatic hydroxyl groups excluding tert-OH is 2. The highest BCUT2D eigenvalue weighted by Crippen LogP contribution is 2.20. The fraction of sp³-hybridized carbons (Fsp3) is 0.880. The maximum atomic E-state index is 12.2. The topological polar surface area (TPSA) is 115 Å². The molecule has 0 aromatic carbocycles. The molecule has 0 aromatic rings. The fourth-order valence-corrected chi connectivity index (χ4v) is 14.7. The summed E-state index contributed by atoms with van der Waals surface area (Å²) < 4.78 is 12.2. The van der Waals surface area contributed by atoms with Gasteiger partial charge in [-0.2, -0.15) is 58.8 Å². The molecule has 0 radical (unpaired) electrons. The molecule has 0 amide bonds. The van der Waals surface area contributed by atoms with Crippen LogP contribution in [0.4, 0.5) is 0 Å². The molecule has 0 rings (SSSR count). The summed E-state index contributed by atoms with van der Waals surface area (Å²) in [6.45, 7) is 0. The van der Waals surface area contributed by atoms with Crippen molar-refractivity contribution in [2.45, 2.75) is 25.7 Å². The molecule has 0 heterocycles. The first kappa shape index (κ1) is 46.1. The zero-order valence-electron chi connectivity index (χ0n) is 24.5. The Hall–Kier alpha value is 3.09. The summed E-state index contributed by atoms with van der Waals surface area (Å²) in [6.07, 6.45) is 2.71. The van der Waals surface area contributed by atoms with Gasteiger partial charge in [-0.25, -0.2) is 0 Å². The number of carbonyl (C=O) groups excluding carboxylic acids is 3. The second-order valence-corrected chi connectivity index (χ2v) is 23.0. The predicted octanol–water partition coefficient (Wildman–Crippen LogP) is 6.71. The highest BCUT2D eigenvalue weighted by molar-refractivity contribution is 8.18. The third-order valence-corrected chi connectivity index (χ3v) is 18.3. The van der Waals surface area contributed by atoms with Crippen LogP contribution in [0.5, 0.6) is 0 Å². The van der Waals surface area contributed by atoms with E-state index in [1.807, 2.05) is 35.3 Å². The first-order chi connectivity index (χ1) is 21.0. The Balaban J connectivity index is 3.35. The van der Waals surface area contributed by atoms with Gasteiger partial charge in [0, 0.05) is 98.5 Å². The standard InChI is InChI=1S/C25H46O6S12/c26-18-32-9-12-40-23(28)2-6-35-20-34-5-1-16-43(31)17-15-39-22-38-11-14-42-25(30)4-8-37-21-36-7-3-24(29)41-13-10-33-19-27/h26-27H,1-22H2. The average Bonchev–Trinajstić information content (AvgIpc) is 2.99. The molecule has 2 N–H and O–H groups in total. The van der Waals surface area contributed by atoms with Gasteiger partial charge in [-0.3, -0.25) is 14.4 Å². The number of aliphatic hydroxyl groups is 2. The zero-order valence-corrected chi connectivity index (χ0v) is 34.3. The molecular formula is C25H46O6S12. The van der Waals surface area contributed by atoms with Crippen molar-refractivity contribution in [3.05, 3.63) is 0 Å². The number of thioether (sulfide) groups is 11. The van der Waals surface area contributed by atoms with Crippen molar-refractivity contribution >= 4 is 156 Å². The highest BCUT2D eigenvalue weighted by Gasteiger charge is 2.08. The van der Waals surface area contributed by atoms with E-state index in [9.17, 15) is 18.9 Å². The molecule has 0 aliphatic heterocycles. The van der Waals surface area contributed by atoms with Gasteiger partial charge < -0.3 is 14.8 Å². The molecule has 0 aliphatic carbocycles. The molecule has 0 bridgehead atoms. The summed E-state index contributed by atoms with van der Waals surface area (Å²) in [5, 5.41) is 20.9. The molecule has 0 saturated heterocycles. The fourth-order valence-electron chi connectivity index (χ4n) is 2.56. The number of hydrogen-bond donors (Lipinski definition) is 2. The Morgan fingerprint density at radius 1 is 0.465 bits per heavy atom. The van der Waals surface area contributed by atoms with E-state index in [0.717, 1.165) is 96.5 Å². The number of hydrogen-bond acceptors (Lipinski definition) is 17. The maximum absolute atomic E-state index is 12.2. The van der Waals surface area contributed by atoms with Gasteiger partial charge in [0.05, 0.1) is 11.9 Å². The Labute approximate surface area is 309 Å². The average molecular weight is 827 g/mol. The lowest BCUT2D eigenvalue weighted by atomic mass is 10.5. The van der Waals surface area contributed by atoms with E-state index in [1.165, 1.54) is 58.8 Å². The molecule has 254 valence electrons. The highest BCUT2D eigenvalue weighted by atomic mass is 32.2. The van der Waals surface area contributed by atoms with Gasteiger partial charge in [-0.05, 0) is 5.75 Å². The molecule has 43 heavy (non-hydrogen) atoms. The Morgan fingerprint density at radius 2 is 0.837 bits per heavy atom. The largest absolute Gasteiger partial charge is 0.616 e. The molecular weight excluding hydrogens is 781 g/mol. The summed E-state index contributed by atoms with van der Waals surface area (Å²) in [7, 11) is 0. The minimum atomic E-state index is -0.757. The van der Waals surface area contributed by atoms with Crippen LogP contribution in [0.2, 0.25) is 0 Å². The second-order valence-electron chi connectivity index (χ2n) is 7.99. The van der Waals surface area contributed by atoms with E-state index in [0.29, 0.717) is 19.3 Å². The first-order valence-electron chi connectivity index (χ1n) is 13.6. The van der Waals surface area contributed by atoms with Crippen LogP contribution in [-0.2, 0) is 25.6 Å². The zero-order chi connectivity index (χ0) is 31.6. The van der Waals surface area contributed by atoms with Gasteiger partial charge in [-0.15, -0.1) is 35.3 Å². The maximum Gasteiger partial charge on any atom is 0.189 e. The summed E-state index contributed by atoms with van der Waals surface area (Å²) in [6, 6.07) is 0. The summed E-state index contributed by atoms with van der Waals surface area (Å²) in [5.41, 5.74) is 0. The lowest BCUT2D eigenvalue weighted by molar-refractivity contribution is -0.111. The van der Waals surface area contributed by atoms with Crippen LogP contribution in [-0.4, -0.2) is 132 Å². The van der Waals surface area contributed by atoms with Gasteiger partial charge in [-0.1, -0.05) is 46.5 Å². The van der Waals surface area contributed by atoms with E-state index in [2.05, 4.69) is 0 Å². The third-order valence-electron chi connectivity index (χ3n) is 4.62. The van der Waals surface area contributed by atoms with Crippen LogP contribution >= 0.6 is 129 Å². The lowest BCUT2D eigenvalue weighted by Crippen LogP contribution is -2.13. The van der Waals surface area contributed by atoms with E-state index >= 15 is 0 Å². The Bertz CT molecular complexity index is 668. The molecule has 0 spiro atoms. The molecule has 6 nitrogen and oxygen atoms in total. The smallest absolute Gasteiger partial charge is 0.189 e. The molecule has 0 aromatic heterocycles. The van der Waals surface area contributed by atoms with Crippen LogP contribution in [0, 0.1) is 0 Å². The van der Waals surface area contributed by atoms with Crippen molar-refractivity contribution in [3.8, 4) is 0 Å². The lowest BCUT2D eigenvalue weighted by Gasteiger charge is -2.10. The van der Waals surface area contributed by atoms with Crippen LogP contribution < -0.4 is 0 Å². The number of rotatable bonds is 33. The van der Waals surface area contributed by atoms with Crippen molar-refractivity contribution in [2.75, 3.05) is 102 Å². The summed E-state index contributed by atoms with van der Waals surface area (Å²) in [4.78, 5) is 35.5. The molecule has 0 fully saturated rings. The minimum Gasteiger partial charge on any atom is -0.616 e.